The molecule has 1 fully saturated rings. The zero-order valence-electron chi connectivity index (χ0n) is 14.5. The van der Waals surface area contributed by atoms with E-state index >= 15 is 0 Å². The van der Waals surface area contributed by atoms with Gasteiger partial charge in [0, 0.05) is 43.9 Å². The van der Waals surface area contributed by atoms with E-state index in [9.17, 15) is 5.11 Å². The number of aliphatic hydroxyl groups excluding tert-OH is 1. The third kappa shape index (κ3) is 3.54. The molecule has 1 aliphatic heterocycles. The predicted octanol–water partition coefficient (Wildman–Crippen LogP) is 2.12. The second kappa shape index (κ2) is 7.16. The molecule has 0 unspecified atom stereocenters. The smallest absolute Gasteiger partial charge is 0.142 e. The zero-order chi connectivity index (χ0) is 17.9. The molecule has 6 heteroatoms. The topological polar surface area (TPSA) is 79.2 Å². The molecule has 132 valence electrons. The number of nitrogens with one attached hydrogen (secondary N) is 1. The standard InChI is InChI=1S/C20H21N5O/c21-11-16-5-3-7-20(23-16)25-9-8-24(13-18(26)14-25)12-17-10-15-4-1-2-6-19(15)22-17/h1-7,10,18,22,26H,8-9,12-14H2/t18-/m1/s1. The largest absolute Gasteiger partial charge is 0.390 e. The van der Waals surface area contributed by atoms with Gasteiger partial charge in [0.2, 0.25) is 0 Å². The molecule has 2 aromatic heterocycles. The van der Waals surface area contributed by atoms with Crippen LogP contribution in [0.25, 0.3) is 10.9 Å². The average Bonchev–Trinajstić information content (AvgIpc) is 2.97. The summed E-state index contributed by atoms with van der Waals surface area (Å²) in [6, 6.07) is 17.9. The Morgan fingerprint density at radius 1 is 1.15 bits per heavy atom. The molecule has 6 nitrogen and oxygen atoms in total. The third-order valence-electron chi connectivity index (χ3n) is 4.74. The maximum atomic E-state index is 10.4. The van der Waals surface area contributed by atoms with E-state index in [-0.39, 0.29) is 0 Å². The van der Waals surface area contributed by atoms with Crippen LogP contribution >= 0.6 is 0 Å². The number of H-pyrrole nitrogens is 1. The Hall–Kier alpha value is -2.88. The van der Waals surface area contributed by atoms with Crippen molar-refractivity contribution in [2.24, 2.45) is 0 Å². The van der Waals surface area contributed by atoms with Crippen molar-refractivity contribution in [2.75, 3.05) is 31.1 Å². The van der Waals surface area contributed by atoms with Crippen molar-refractivity contribution < 1.29 is 5.11 Å². The number of aromatic nitrogens is 2. The Bertz CT molecular complexity index is 912. The summed E-state index contributed by atoms with van der Waals surface area (Å²) in [7, 11) is 0. The van der Waals surface area contributed by atoms with Crippen molar-refractivity contribution in [3.05, 3.63) is 59.9 Å². The fraction of sp³-hybridized carbons (Fsp3) is 0.300. The van der Waals surface area contributed by atoms with Crippen LogP contribution < -0.4 is 4.90 Å². The number of hydrogen-bond donors (Lipinski definition) is 2. The highest BCUT2D eigenvalue weighted by Crippen LogP contribution is 2.18. The lowest BCUT2D eigenvalue weighted by atomic mass is 10.2. The summed E-state index contributed by atoms with van der Waals surface area (Å²) in [6.45, 7) is 3.49. The maximum absolute atomic E-state index is 10.4. The van der Waals surface area contributed by atoms with E-state index in [2.05, 4.69) is 44.0 Å². The molecule has 26 heavy (non-hydrogen) atoms. The van der Waals surface area contributed by atoms with Crippen molar-refractivity contribution in [1.82, 2.24) is 14.9 Å². The molecular weight excluding hydrogens is 326 g/mol. The number of aliphatic hydroxyl groups is 1. The lowest BCUT2D eigenvalue weighted by molar-refractivity contribution is 0.128. The summed E-state index contributed by atoms with van der Waals surface area (Å²) in [5.74, 6) is 0.746. The summed E-state index contributed by atoms with van der Waals surface area (Å²) in [5.41, 5.74) is 2.68. The molecule has 2 N–H and O–H groups in total. The van der Waals surface area contributed by atoms with E-state index in [4.69, 9.17) is 5.26 Å². The molecule has 0 spiro atoms. The molecule has 1 aromatic carbocycles. The molecule has 4 rings (SSSR count). The van der Waals surface area contributed by atoms with E-state index in [1.165, 1.54) is 5.39 Å². The number of β-amino-alcohol motifs (C(OH)–C–C–N with tert-alkyl or cyclic N) is 1. The van der Waals surface area contributed by atoms with E-state index in [0.717, 1.165) is 36.7 Å². The fourth-order valence-corrected chi connectivity index (χ4v) is 3.53. The number of anilines is 1. The average molecular weight is 347 g/mol. The maximum Gasteiger partial charge on any atom is 0.142 e. The lowest BCUT2D eigenvalue weighted by Crippen LogP contribution is -2.33. The van der Waals surface area contributed by atoms with Gasteiger partial charge in [-0.3, -0.25) is 4.90 Å². The van der Waals surface area contributed by atoms with Crippen LogP contribution in [0.1, 0.15) is 11.4 Å². The SMILES string of the molecule is N#Cc1cccc(N2CCN(Cc3cc4ccccc4[nH]3)C[C@@H](O)C2)n1. The molecule has 1 saturated heterocycles. The first kappa shape index (κ1) is 16.6. The summed E-state index contributed by atoms with van der Waals surface area (Å²) in [6.07, 6.45) is -0.463. The van der Waals surface area contributed by atoms with Crippen LogP contribution in [-0.2, 0) is 6.54 Å². The Morgan fingerprint density at radius 3 is 2.88 bits per heavy atom. The monoisotopic (exact) mass is 347 g/mol. The van der Waals surface area contributed by atoms with Crippen LogP contribution in [0.5, 0.6) is 0 Å². The number of nitrogens with zero attached hydrogens (tertiary/aromatic N) is 4. The van der Waals surface area contributed by atoms with Crippen molar-refractivity contribution in [3.63, 3.8) is 0 Å². The first-order valence-corrected chi connectivity index (χ1v) is 8.80. The van der Waals surface area contributed by atoms with Gasteiger partial charge in [-0.15, -0.1) is 0 Å². The van der Waals surface area contributed by atoms with Crippen LogP contribution in [0.2, 0.25) is 0 Å². The number of pyridine rings is 1. The number of rotatable bonds is 3. The molecule has 1 aliphatic rings. The first-order chi connectivity index (χ1) is 12.7. The Morgan fingerprint density at radius 2 is 2.04 bits per heavy atom. The number of para-hydroxylation sites is 1. The predicted molar refractivity (Wildman–Crippen MR) is 101 cm³/mol. The normalized spacial score (nSPS) is 18.6. The Labute approximate surface area is 152 Å². The van der Waals surface area contributed by atoms with Gasteiger partial charge in [0.15, 0.2) is 0 Å². The number of benzene rings is 1. The van der Waals surface area contributed by atoms with Gasteiger partial charge in [-0.05, 0) is 29.7 Å². The van der Waals surface area contributed by atoms with Gasteiger partial charge in [0.25, 0.3) is 0 Å². The zero-order valence-corrected chi connectivity index (χ0v) is 14.5. The van der Waals surface area contributed by atoms with E-state index in [1.807, 2.05) is 24.3 Å². The lowest BCUT2D eigenvalue weighted by Gasteiger charge is -2.22. The van der Waals surface area contributed by atoms with Crippen LogP contribution in [0.15, 0.2) is 48.5 Å². The van der Waals surface area contributed by atoms with Crippen molar-refractivity contribution in [1.29, 1.82) is 5.26 Å². The highest BCUT2D eigenvalue weighted by Gasteiger charge is 2.22. The highest BCUT2D eigenvalue weighted by molar-refractivity contribution is 5.80. The highest BCUT2D eigenvalue weighted by atomic mass is 16.3. The van der Waals surface area contributed by atoms with Gasteiger partial charge in [-0.2, -0.15) is 5.26 Å². The number of aromatic amines is 1. The summed E-state index contributed by atoms with van der Waals surface area (Å²) in [4.78, 5) is 12.1. The quantitative estimate of drug-likeness (QED) is 0.759. The fourth-order valence-electron chi connectivity index (χ4n) is 3.53. The number of nitriles is 1. The minimum atomic E-state index is -0.463. The second-order valence-corrected chi connectivity index (χ2v) is 6.71. The van der Waals surface area contributed by atoms with Crippen molar-refractivity contribution in [2.45, 2.75) is 12.6 Å². The van der Waals surface area contributed by atoms with Gasteiger partial charge in [0.1, 0.15) is 17.6 Å². The molecule has 0 aliphatic carbocycles. The molecule has 0 bridgehead atoms. The molecule has 3 heterocycles. The third-order valence-corrected chi connectivity index (χ3v) is 4.74. The van der Waals surface area contributed by atoms with Crippen LogP contribution in [0, 0.1) is 11.3 Å². The Balaban J connectivity index is 1.47. The summed E-state index contributed by atoms with van der Waals surface area (Å²) >= 11 is 0. The van der Waals surface area contributed by atoms with E-state index in [0.29, 0.717) is 18.8 Å². The minimum Gasteiger partial charge on any atom is -0.390 e. The molecule has 0 amide bonds. The molecular formula is C20H21N5O. The van der Waals surface area contributed by atoms with Crippen LogP contribution in [0.3, 0.4) is 0 Å². The van der Waals surface area contributed by atoms with Gasteiger partial charge in [-0.25, -0.2) is 4.98 Å². The first-order valence-electron chi connectivity index (χ1n) is 8.80. The van der Waals surface area contributed by atoms with Crippen molar-refractivity contribution in [3.8, 4) is 6.07 Å². The van der Waals surface area contributed by atoms with Gasteiger partial charge in [-0.1, -0.05) is 24.3 Å². The second-order valence-electron chi connectivity index (χ2n) is 6.71. The molecule has 0 radical (unpaired) electrons. The molecule has 0 saturated carbocycles. The minimum absolute atomic E-state index is 0.399. The molecule has 1 atom stereocenters. The van der Waals surface area contributed by atoms with Crippen LogP contribution in [0.4, 0.5) is 5.82 Å². The Kier molecular flexibility index (Phi) is 4.57. The van der Waals surface area contributed by atoms with Gasteiger partial charge < -0.3 is 15.0 Å². The number of hydrogen-bond acceptors (Lipinski definition) is 5. The van der Waals surface area contributed by atoms with Gasteiger partial charge in [0.05, 0.1) is 6.10 Å². The molecule has 3 aromatic rings. The van der Waals surface area contributed by atoms with E-state index < -0.39 is 6.10 Å². The number of fused-ring (bicyclic) bond motifs is 1. The van der Waals surface area contributed by atoms with E-state index in [1.54, 1.807) is 6.07 Å². The van der Waals surface area contributed by atoms with Crippen molar-refractivity contribution >= 4 is 16.7 Å². The summed E-state index contributed by atoms with van der Waals surface area (Å²) in [5, 5.41) is 20.7. The van der Waals surface area contributed by atoms with Gasteiger partial charge >= 0.3 is 0 Å². The summed E-state index contributed by atoms with van der Waals surface area (Å²) < 4.78 is 0. The van der Waals surface area contributed by atoms with Crippen LogP contribution in [-0.4, -0.2) is 52.3 Å².